The van der Waals surface area contributed by atoms with E-state index < -0.39 is 0 Å². The highest BCUT2D eigenvalue weighted by atomic mass is 79.9. The fourth-order valence-electron chi connectivity index (χ4n) is 1.63. The average molecular weight is 373 g/mol. The van der Waals surface area contributed by atoms with Crippen LogP contribution < -0.4 is 0 Å². The Morgan fingerprint density at radius 3 is 2.50 bits per heavy atom. The summed E-state index contributed by atoms with van der Waals surface area (Å²) in [5.74, 6) is -0.0294. The molecule has 2 aromatic rings. The Kier molecular flexibility index (Phi) is 4.24. The summed E-state index contributed by atoms with van der Waals surface area (Å²) < 4.78 is 6.73. The molecule has 3 nitrogen and oxygen atoms in total. The lowest BCUT2D eigenvalue weighted by atomic mass is 10.2. The summed E-state index contributed by atoms with van der Waals surface area (Å²) in [4.78, 5) is 13.9. The maximum Gasteiger partial charge on any atom is 0.253 e. The second-order valence-corrected chi connectivity index (χ2v) is 5.78. The van der Waals surface area contributed by atoms with Crippen molar-refractivity contribution in [1.82, 2.24) is 4.90 Å². The van der Waals surface area contributed by atoms with Gasteiger partial charge in [0.2, 0.25) is 0 Å². The molecule has 1 heterocycles. The van der Waals surface area contributed by atoms with Crippen LogP contribution in [-0.4, -0.2) is 17.9 Å². The first-order valence-electron chi connectivity index (χ1n) is 5.29. The number of rotatable bonds is 3. The van der Waals surface area contributed by atoms with Gasteiger partial charge in [0.1, 0.15) is 0 Å². The van der Waals surface area contributed by atoms with Gasteiger partial charge in [-0.1, -0.05) is 31.9 Å². The van der Waals surface area contributed by atoms with Crippen LogP contribution in [0.1, 0.15) is 15.9 Å². The Hall–Kier alpha value is -1.07. The first kappa shape index (κ1) is 13.4. The van der Waals surface area contributed by atoms with Gasteiger partial charge < -0.3 is 9.32 Å². The van der Waals surface area contributed by atoms with Crippen LogP contribution in [-0.2, 0) is 6.54 Å². The van der Waals surface area contributed by atoms with Gasteiger partial charge in [0.15, 0.2) is 0 Å². The highest BCUT2D eigenvalue weighted by molar-refractivity contribution is 9.11. The van der Waals surface area contributed by atoms with Crippen molar-refractivity contribution >= 4 is 37.8 Å². The fourth-order valence-corrected chi connectivity index (χ4v) is 2.92. The third-order valence-corrected chi connectivity index (χ3v) is 3.37. The summed E-state index contributed by atoms with van der Waals surface area (Å²) in [5, 5.41) is 0. The Bertz CT molecular complexity index is 532. The molecule has 0 fully saturated rings. The molecular weight excluding hydrogens is 362 g/mol. The van der Waals surface area contributed by atoms with Crippen LogP contribution in [0.5, 0.6) is 0 Å². The van der Waals surface area contributed by atoms with Crippen molar-refractivity contribution in [2.24, 2.45) is 0 Å². The van der Waals surface area contributed by atoms with Crippen LogP contribution in [0.4, 0.5) is 0 Å². The molecule has 5 heteroatoms. The summed E-state index contributed by atoms with van der Waals surface area (Å²) in [7, 11) is 1.77. The van der Waals surface area contributed by atoms with Crippen molar-refractivity contribution in [3.05, 3.63) is 56.9 Å². The molecule has 1 aromatic carbocycles. The Labute approximate surface area is 122 Å². The van der Waals surface area contributed by atoms with Gasteiger partial charge in [-0.25, -0.2) is 0 Å². The normalized spacial score (nSPS) is 10.4. The minimum Gasteiger partial charge on any atom is -0.472 e. The zero-order valence-electron chi connectivity index (χ0n) is 9.69. The molecule has 1 amide bonds. The van der Waals surface area contributed by atoms with Gasteiger partial charge in [-0.05, 0) is 24.3 Å². The minimum absolute atomic E-state index is 0.0294. The molecule has 0 aliphatic rings. The molecule has 0 atom stereocenters. The molecule has 0 bridgehead atoms. The lowest BCUT2D eigenvalue weighted by molar-refractivity contribution is 0.0785. The number of hydrogen-bond acceptors (Lipinski definition) is 2. The van der Waals surface area contributed by atoms with Gasteiger partial charge in [-0.3, -0.25) is 4.79 Å². The fraction of sp³-hybridized carbons (Fsp3) is 0.154. The number of amides is 1. The van der Waals surface area contributed by atoms with Crippen molar-refractivity contribution in [1.29, 1.82) is 0 Å². The van der Waals surface area contributed by atoms with Crippen molar-refractivity contribution in [2.45, 2.75) is 6.54 Å². The maximum atomic E-state index is 12.2. The highest BCUT2D eigenvalue weighted by Gasteiger charge is 2.13. The lowest BCUT2D eigenvalue weighted by Gasteiger charge is -2.16. The molecule has 0 aliphatic heterocycles. The van der Waals surface area contributed by atoms with E-state index in [2.05, 4.69) is 31.9 Å². The van der Waals surface area contributed by atoms with Crippen LogP contribution in [0.2, 0.25) is 0 Å². The van der Waals surface area contributed by atoms with Crippen molar-refractivity contribution in [3.63, 3.8) is 0 Å². The average Bonchev–Trinajstić information content (AvgIpc) is 2.79. The van der Waals surface area contributed by atoms with E-state index in [1.807, 2.05) is 12.1 Å². The van der Waals surface area contributed by atoms with Gasteiger partial charge in [0.25, 0.3) is 5.91 Å². The minimum atomic E-state index is -0.0294. The Morgan fingerprint density at radius 2 is 1.94 bits per heavy atom. The van der Waals surface area contributed by atoms with E-state index >= 15 is 0 Å². The predicted octanol–water partition coefficient (Wildman–Crippen LogP) is 4.08. The van der Waals surface area contributed by atoms with E-state index in [1.165, 1.54) is 0 Å². The molecule has 18 heavy (non-hydrogen) atoms. The summed E-state index contributed by atoms with van der Waals surface area (Å²) in [5.41, 5.74) is 1.61. The van der Waals surface area contributed by atoms with Gasteiger partial charge in [-0.2, -0.15) is 0 Å². The molecule has 0 saturated carbocycles. The second-order valence-electron chi connectivity index (χ2n) is 3.95. The zero-order valence-corrected chi connectivity index (χ0v) is 12.9. The monoisotopic (exact) mass is 371 g/mol. The maximum absolute atomic E-state index is 12.2. The standard InChI is InChI=1S/C13H11Br2NO2/c1-16(7-9-2-3-18-8-9)13(17)10-4-11(14)6-12(15)5-10/h2-6,8H,7H2,1H3. The van der Waals surface area contributed by atoms with Crippen LogP contribution in [0, 0.1) is 0 Å². The number of furan rings is 1. The van der Waals surface area contributed by atoms with Gasteiger partial charge in [-0.15, -0.1) is 0 Å². The number of hydrogen-bond donors (Lipinski definition) is 0. The number of benzene rings is 1. The van der Waals surface area contributed by atoms with Crippen LogP contribution in [0.3, 0.4) is 0 Å². The lowest BCUT2D eigenvalue weighted by Crippen LogP contribution is -2.26. The molecular formula is C13H11Br2NO2. The molecule has 0 N–H and O–H groups in total. The van der Waals surface area contributed by atoms with E-state index in [9.17, 15) is 4.79 Å². The van der Waals surface area contributed by atoms with Crippen LogP contribution in [0.25, 0.3) is 0 Å². The number of nitrogens with zero attached hydrogens (tertiary/aromatic N) is 1. The summed E-state index contributed by atoms with van der Waals surface area (Å²) in [6, 6.07) is 7.35. The second kappa shape index (κ2) is 5.71. The van der Waals surface area contributed by atoms with Crippen LogP contribution >= 0.6 is 31.9 Å². The van der Waals surface area contributed by atoms with E-state index in [1.54, 1.807) is 36.6 Å². The van der Waals surface area contributed by atoms with E-state index in [0.29, 0.717) is 12.1 Å². The first-order valence-corrected chi connectivity index (χ1v) is 6.87. The summed E-state index contributed by atoms with van der Waals surface area (Å²) >= 11 is 6.75. The summed E-state index contributed by atoms with van der Waals surface area (Å²) in [6.45, 7) is 0.527. The molecule has 2 rings (SSSR count). The third kappa shape index (κ3) is 3.23. The molecule has 0 unspecified atom stereocenters. The smallest absolute Gasteiger partial charge is 0.253 e. The molecule has 0 aliphatic carbocycles. The van der Waals surface area contributed by atoms with Gasteiger partial charge in [0, 0.05) is 33.7 Å². The highest BCUT2D eigenvalue weighted by Crippen LogP contribution is 2.21. The third-order valence-electron chi connectivity index (χ3n) is 2.46. The molecule has 0 spiro atoms. The Balaban J connectivity index is 2.15. The van der Waals surface area contributed by atoms with E-state index in [4.69, 9.17) is 4.42 Å². The molecule has 1 aromatic heterocycles. The van der Waals surface area contributed by atoms with Gasteiger partial charge in [0.05, 0.1) is 12.5 Å². The van der Waals surface area contributed by atoms with Crippen molar-refractivity contribution in [2.75, 3.05) is 7.05 Å². The predicted molar refractivity (Wildman–Crippen MR) is 76.3 cm³/mol. The Morgan fingerprint density at radius 1 is 1.28 bits per heavy atom. The zero-order chi connectivity index (χ0) is 13.1. The van der Waals surface area contributed by atoms with E-state index in [0.717, 1.165) is 14.5 Å². The largest absolute Gasteiger partial charge is 0.472 e. The quantitative estimate of drug-likeness (QED) is 0.813. The molecule has 0 radical (unpaired) electrons. The topological polar surface area (TPSA) is 33.5 Å². The SMILES string of the molecule is CN(Cc1ccoc1)C(=O)c1cc(Br)cc(Br)c1. The van der Waals surface area contributed by atoms with Gasteiger partial charge >= 0.3 is 0 Å². The first-order chi connectivity index (χ1) is 8.56. The van der Waals surface area contributed by atoms with Crippen molar-refractivity contribution < 1.29 is 9.21 Å². The summed E-state index contributed by atoms with van der Waals surface area (Å²) in [6.07, 6.45) is 3.24. The number of halogens is 2. The van der Waals surface area contributed by atoms with Crippen LogP contribution in [0.15, 0.2) is 50.2 Å². The molecule has 94 valence electrons. The number of carbonyl (C=O) groups excluding carboxylic acids is 1. The number of carbonyl (C=O) groups is 1. The van der Waals surface area contributed by atoms with Crippen molar-refractivity contribution in [3.8, 4) is 0 Å². The van der Waals surface area contributed by atoms with E-state index in [-0.39, 0.29) is 5.91 Å². The molecule has 0 saturated heterocycles.